The lowest BCUT2D eigenvalue weighted by Crippen LogP contribution is -2.48. The third-order valence-corrected chi connectivity index (χ3v) is 7.11. The topological polar surface area (TPSA) is 89.9 Å². The first kappa shape index (κ1) is 22.3. The average Bonchev–Trinajstić information content (AvgIpc) is 2.72. The summed E-state index contributed by atoms with van der Waals surface area (Å²) in [4.78, 5) is 13.5. The average molecular weight is 432 g/mol. The highest BCUT2D eigenvalue weighted by Crippen LogP contribution is 2.23. The molecule has 1 fully saturated rings. The second-order valence-corrected chi connectivity index (χ2v) is 9.50. The summed E-state index contributed by atoms with van der Waals surface area (Å²) in [5, 5.41) is 12.3. The molecule has 0 spiro atoms. The standard InChI is InChI=1S/C22H29N3O4S/c1-3-23-16-19-12-18(15-22(26)27)13-21(14-19)30(28,29)25-10-8-24(9-11-25)20-6-4-17(2)5-7-20/h4-7,12-14,23H,3,8-11,15-16H2,1-2H3,(H,26,27). The monoisotopic (exact) mass is 431 g/mol. The van der Waals surface area contributed by atoms with E-state index in [9.17, 15) is 13.2 Å². The number of rotatable bonds is 8. The molecule has 0 radical (unpaired) electrons. The van der Waals surface area contributed by atoms with Gasteiger partial charge in [0.1, 0.15) is 0 Å². The number of nitrogens with zero attached hydrogens (tertiary/aromatic N) is 2. The summed E-state index contributed by atoms with van der Waals surface area (Å²) in [5.74, 6) is -0.981. The Kier molecular flexibility index (Phi) is 7.12. The number of carbonyl (C=O) groups is 1. The molecule has 0 saturated carbocycles. The van der Waals surface area contributed by atoms with Crippen LogP contribution in [0.25, 0.3) is 0 Å². The second-order valence-electron chi connectivity index (χ2n) is 7.56. The maximum Gasteiger partial charge on any atom is 0.307 e. The lowest BCUT2D eigenvalue weighted by molar-refractivity contribution is -0.136. The fourth-order valence-corrected chi connectivity index (χ4v) is 5.16. The fourth-order valence-electron chi connectivity index (χ4n) is 3.62. The number of anilines is 1. The van der Waals surface area contributed by atoms with E-state index in [1.807, 2.05) is 13.8 Å². The lowest BCUT2D eigenvalue weighted by Gasteiger charge is -2.35. The van der Waals surface area contributed by atoms with Crippen molar-refractivity contribution >= 4 is 21.7 Å². The van der Waals surface area contributed by atoms with Crippen molar-refractivity contribution in [2.24, 2.45) is 0 Å². The summed E-state index contributed by atoms with van der Waals surface area (Å²) in [6.45, 7) is 7.25. The summed E-state index contributed by atoms with van der Waals surface area (Å²) in [7, 11) is -3.69. The molecule has 3 rings (SSSR count). The van der Waals surface area contributed by atoms with Gasteiger partial charge in [0.2, 0.25) is 10.0 Å². The van der Waals surface area contributed by atoms with E-state index in [-0.39, 0.29) is 11.3 Å². The quantitative estimate of drug-likeness (QED) is 0.666. The molecular weight excluding hydrogens is 402 g/mol. The van der Waals surface area contributed by atoms with Crippen LogP contribution in [0.4, 0.5) is 5.69 Å². The smallest absolute Gasteiger partial charge is 0.307 e. The third kappa shape index (κ3) is 5.38. The van der Waals surface area contributed by atoms with Gasteiger partial charge in [-0.05, 0) is 48.9 Å². The van der Waals surface area contributed by atoms with Crippen LogP contribution < -0.4 is 10.2 Å². The van der Waals surface area contributed by atoms with Gasteiger partial charge in [-0.2, -0.15) is 4.31 Å². The second kappa shape index (κ2) is 9.59. The van der Waals surface area contributed by atoms with Gasteiger partial charge in [0, 0.05) is 38.4 Å². The first-order valence-electron chi connectivity index (χ1n) is 10.2. The van der Waals surface area contributed by atoms with E-state index in [4.69, 9.17) is 5.11 Å². The zero-order valence-corrected chi connectivity index (χ0v) is 18.3. The van der Waals surface area contributed by atoms with E-state index in [1.165, 1.54) is 15.9 Å². The number of carboxylic acids is 1. The molecule has 1 aliphatic heterocycles. The van der Waals surface area contributed by atoms with Crippen molar-refractivity contribution in [3.05, 3.63) is 59.2 Å². The summed E-state index contributed by atoms with van der Waals surface area (Å²) >= 11 is 0. The maximum atomic E-state index is 13.3. The van der Waals surface area contributed by atoms with E-state index >= 15 is 0 Å². The van der Waals surface area contributed by atoms with Crippen molar-refractivity contribution in [2.45, 2.75) is 31.7 Å². The molecule has 8 heteroatoms. The van der Waals surface area contributed by atoms with Gasteiger partial charge in [0.05, 0.1) is 11.3 Å². The van der Waals surface area contributed by atoms with Gasteiger partial charge < -0.3 is 15.3 Å². The highest BCUT2D eigenvalue weighted by atomic mass is 32.2. The minimum atomic E-state index is -3.69. The number of piperazine rings is 1. The van der Waals surface area contributed by atoms with Crippen LogP contribution in [0.1, 0.15) is 23.6 Å². The van der Waals surface area contributed by atoms with Crippen LogP contribution in [0.2, 0.25) is 0 Å². The summed E-state index contributed by atoms with van der Waals surface area (Å²) in [6, 6.07) is 13.1. The number of carboxylic acid groups (broad SMARTS) is 1. The summed E-state index contributed by atoms with van der Waals surface area (Å²) in [6.07, 6.45) is -0.205. The Morgan fingerprint density at radius 3 is 2.27 bits per heavy atom. The van der Waals surface area contributed by atoms with Crippen LogP contribution in [-0.4, -0.2) is 56.5 Å². The van der Waals surface area contributed by atoms with Crippen molar-refractivity contribution in [3.63, 3.8) is 0 Å². The Morgan fingerprint density at radius 2 is 1.67 bits per heavy atom. The molecule has 2 N–H and O–H groups in total. The third-order valence-electron chi connectivity index (χ3n) is 5.24. The minimum Gasteiger partial charge on any atom is -0.481 e. The molecule has 0 unspecified atom stereocenters. The lowest BCUT2D eigenvalue weighted by atomic mass is 10.1. The highest BCUT2D eigenvalue weighted by molar-refractivity contribution is 7.89. The number of nitrogens with one attached hydrogen (secondary N) is 1. The SMILES string of the molecule is CCNCc1cc(CC(=O)O)cc(S(=O)(=O)N2CCN(c3ccc(C)cc3)CC2)c1. The molecule has 7 nitrogen and oxygen atoms in total. The highest BCUT2D eigenvalue weighted by Gasteiger charge is 2.29. The van der Waals surface area contributed by atoms with E-state index in [0.29, 0.717) is 38.3 Å². The van der Waals surface area contributed by atoms with Crippen molar-refractivity contribution in [1.29, 1.82) is 0 Å². The Labute approximate surface area is 178 Å². The van der Waals surface area contributed by atoms with E-state index in [1.54, 1.807) is 12.1 Å². The molecule has 1 heterocycles. The Morgan fingerprint density at radius 1 is 1.03 bits per heavy atom. The number of aliphatic carboxylic acids is 1. The number of hydrogen-bond donors (Lipinski definition) is 2. The zero-order valence-electron chi connectivity index (χ0n) is 17.5. The maximum absolute atomic E-state index is 13.3. The van der Waals surface area contributed by atoms with E-state index in [0.717, 1.165) is 17.8 Å². The van der Waals surface area contributed by atoms with Crippen LogP contribution in [0, 0.1) is 6.92 Å². The molecule has 2 aromatic rings. The molecular formula is C22H29N3O4S. The molecule has 30 heavy (non-hydrogen) atoms. The Hall–Kier alpha value is -2.42. The predicted octanol–water partition coefficient (Wildman–Crippen LogP) is 2.24. The molecule has 0 bridgehead atoms. The number of sulfonamides is 1. The summed E-state index contributed by atoms with van der Waals surface area (Å²) < 4.78 is 28.1. The predicted molar refractivity (Wildman–Crippen MR) is 117 cm³/mol. The van der Waals surface area contributed by atoms with Gasteiger partial charge in [-0.25, -0.2) is 8.42 Å². The number of hydrogen-bond acceptors (Lipinski definition) is 5. The van der Waals surface area contributed by atoms with Crippen LogP contribution >= 0.6 is 0 Å². The van der Waals surface area contributed by atoms with Gasteiger partial charge >= 0.3 is 5.97 Å². The molecule has 1 saturated heterocycles. The van der Waals surface area contributed by atoms with Gasteiger partial charge in [-0.1, -0.05) is 30.7 Å². The normalized spacial score (nSPS) is 15.3. The van der Waals surface area contributed by atoms with E-state index in [2.05, 4.69) is 34.5 Å². The molecule has 0 aliphatic carbocycles. The van der Waals surface area contributed by atoms with Gasteiger partial charge in [-0.3, -0.25) is 4.79 Å². The molecule has 2 aromatic carbocycles. The van der Waals surface area contributed by atoms with Crippen molar-refractivity contribution in [1.82, 2.24) is 9.62 Å². The first-order chi connectivity index (χ1) is 14.3. The molecule has 162 valence electrons. The van der Waals surface area contributed by atoms with Crippen LogP contribution in [-0.2, 0) is 27.8 Å². The largest absolute Gasteiger partial charge is 0.481 e. The minimum absolute atomic E-state index is 0.165. The van der Waals surface area contributed by atoms with Crippen molar-refractivity contribution < 1.29 is 18.3 Å². The van der Waals surface area contributed by atoms with Crippen molar-refractivity contribution in [2.75, 3.05) is 37.6 Å². The number of aryl methyl sites for hydroxylation is 1. The van der Waals surface area contributed by atoms with Crippen LogP contribution in [0.15, 0.2) is 47.4 Å². The Bertz CT molecular complexity index is 982. The molecule has 0 atom stereocenters. The molecule has 0 amide bonds. The number of benzene rings is 2. The van der Waals surface area contributed by atoms with Gasteiger partial charge in [-0.15, -0.1) is 0 Å². The first-order valence-corrected chi connectivity index (χ1v) is 11.6. The Balaban J connectivity index is 1.79. The molecule has 1 aliphatic rings. The zero-order chi connectivity index (χ0) is 21.7. The van der Waals surface area contributed by atoms with E-state index < -0.39 is 16.0 Å². The summed E-state index contributed by atoms with van der Waals surface area (Å²) in [5.41, 5.74) is 3.55. The fraction of sp³-hybridized carbons (Fsp3) is 0.409. The van der Waals surface area contributed by atoms with Crippen LogP contribution in [0.5, 0.6) is 0 Å². The van der Waals surface area contributed by atoms with Gasteiger partial charge in [0.15, 0.2) is 0 Å². The molecule has 0 aromatic heterocycles. The van der Waals surface area contributed by atoms with Crippen LogP contribution in [0.3, 0.4) is 0 Å². The van der Waals surface area contributed by atoms with Crippen molar-refractivity contribution in [3.8, 4) is 0 Å². The van der Waals surface area contributed by atoms with Gasteiger partial charge in [0.25, 0.3) is 0 Å².